The maximum atomic E-state index is 13.0. The number of aliphatic hydroxyl groups excluding tert-OH is 1. The summed E-state index contributed by atoms with van der Waals surface area (Å²) in [5, 5.41) is 20.0. The Labute approximate surface area is 159 Å². The van der Waals surface area contributed by atoms with Gasteiger partial charge in [-0.25, -0.2) is 4.39 Å². The molecule has 0 aromatic heterocycles. The Morgan fingerprint density at radius 3 is 2.30 bits per heavy atom. The van der Waals surface area contributed by atoms with Gasteiger partial charge in [0.15, 0.2) is 0 Å². The highest BCUT2D eigenvalue weighted by Crippen LogP contribution is 2.22. The second kappa shape index (κ2) is 8.25. The Balaban J connectivity index is 1.51. The van der Waals surface area contributed by atoms with E-state index >= 15 is 0 Å². The van der Waals surface area contributed by atoms with Crippen LogP contribution in [0.1, 0.15) is 19.4 Å². The molecule has 5 nitrogen and oxygen atoms in total. The number of rotatable bonds is 7. The van der Waals surface area contributed by atoms with Crippen LogP contribution in [0.25, 0.3) is 0 Å². The molecule has 0 bridgehead atoms. The van der Waals surface area contributed by atoms with E-state index in [4.69, 9.17) is 9.47 Å². The van der Waals surface area contributed by atoms with Crippen molar-refractivity contribution in [2.45, 2.75) is 38.2 Å². The molecule has 1 fully saturated rings. The summed E-state index contributed by atoms with van der Waals surface area (Å²) in [5.41, 5.74) is 0.226. The molecule has 2 atom stereocenters. The molecule has 1 heterocycles. The van der Waals surface area contributed by atoms with Crippen molar-refractivity contribution in [3.8, 4) is 11.5 Å². The molecular weight excluding hydrogens is 349 g/mol. The lowest BCUT2D eigenvalue weighted by atomic mass is 10.1. The Hall–Kier alpha value is -2.15. The summed E-state index contributed by atoms with van der Waals surface area (Å²) in [7, 11) is 0. The monoisotopic (exact) mass is 375 g/mol. The van der Waals surface area contributed by atoms with Gasteiger partial charge in [-0.15, -0.1) is 0 Å². The van der Waals surface area contributed by atoms with Crippen LogP contribution < -0.4 is 9.47 Å². The predicted molar refractivity (Wildman–Crippen MR) is 100 cm³/mol. The second-order valence-corrected chi connectivity index (χ2v) is 7.62. The third kappa shape index (κ3) is 5.92. The third-order valence-electron chi connectivity index (χ3n) is 4.34. The Bertz CT molecular complexity index is 727. The zero-order valence-corrected chi connectivity index (χ0v) is 15.6. The van der Waals surface area contributed by atoms with Crippen LogP contribution in [0.2, 0.25) is 0 Å². The molecule has 2 aromatic carbocycles. The first-order valence-electron chi connectivity index (χ1n) is 9.05. The average molecular weight is 375 g/mol. The molecule has 27 heavy (non-hydrogen) atoms. The van der Waals surface area contributed by atoms with Crippen LogP contribution in [0, 0.1) is 5.82 Å². The molecule has 1 saturated heterocycles. The van der Waals surface area contributed by atoms with Crippen molar-refractivity contribution in [1.29, 1.82) is 0 Å². The molecule has 0 amide bonds. The fourth-order valence-electron chi connectivity index (χ4n) is 2.97. The van der Waals surface area contributed by atoms with E-state index in [1.54, 1.807) is 26.0 Å². The van der Waals surface area contributed by atoms with Crippen LogP contribution in [0.15, 0.2) is 48.5 Å². The van der Waals surface area contributed by atoms with Gasteiger partial charge in [0.25, 0.3) is 0 Å². The topological polar surface area (TPSA) is 62.2 Å². The molecule has 0 radical (unpaired) electrons. The standard InChI is InChI=1S/C21H26FNO4/c1-21(2,25)14-26-17-7-3-15(4-8-17)11-23-12-19(24)20(13-23)27-18-9-5-16(22)6-10-18/h3-10,19-20,24-25H,11-14H2,1-2H3/t19-,20-/m0/s1. The van der Waals surface area contributed by atoms with Gasteiger partial charge < -0.3 is 19.7 Å². The van der Waals surface area contributed by atoms with Crippen LogP contribution in [-0.2, 0) is 6.54 Å². The number of likely N-dealkylation sites (tertiary alicyclic amines) is 1. The maximum absolute atomic E-state index is 13.0. The molecule has 0 saturated carbocycles. The molecule has 0 unspecified atom stereocenters. The molecule has 2 N–H and O–H groups in total. The number of halogens is 1. The van der Waals surface area contributed by atoms with Crippen molar-refractivity contribution in [3.05, 3.63) is 59.9 Å². The van der Waals surface area contributed by atoms with E-state index in [0.29, 0.717) is 31.1 Å². The fraction of sp³-hybridized carbons (Fsp3) is 0.429. The normalized spacial score (nSPS) is 20.6. The number of ether oxygens (including phenoxy) is 2. The minimum Gasteiger partial charge on any atom is -0.491 e. The summed E-state index contributed by atoms with van der Waals surface area (Å²) in [6.45, 7) is 5.42. The number of β-amino-alcohol motifs (C(OH)–C–C–N with tert-alkyl or cyclic N) is 1. The first kappa shape index (κ1) is 19.6. The summed E-state index contributed by atoms with van der Waals surface area (Å²) < 4.78 is 24.3. The van der Waals surface area contributed by atoms with Gasteiger partial charge >= 0.3 is 0 Å². The number of aliphatic hydroxyl groups is 2. The molecular formula is C21H26FNO4. The summed E-state index contributed by atoms with van der Waals surface area (Å²) in [5.74, 6) is 0.946. The van der Waals surface area contributed by atoms with Crippen LogP contribution in [-0.4, -0.2) is 52.6 Å². The van der Waals surface area contributed by atoms with Crippen molar-refractivity contribution in [3.63, 3.8) is 0 Å². The summed E-state index contributed by atoms with van der Waals surface area (Å²) in [6, 6.07) is 13.5. The quantitative estimate of drug-likeness (QED) is 0.779. The highest BCUT2D eigenvalue weighted by atomic mass is 19.1. The first-order chi connectivity index (χ1) is 12.8. The maximum Gasteiger partial charge on any atom is 0.138 e. The lowest BCUT2D eigenvalue weighted by Gasteiger charge is -2.19. The Morgan fingerprint density at radius 2 is 1.67 bits per heavy atom. The van der Waals surface area contributed by atoms with E-state index in [1.807, 2.05) is 24.3 Å². The lowest BCUT2D eigenvalue weighted by molar-refractivity contribution is 0.0285. The minimum absolute atomic E-state index is 0.229. The van der Waals surface area contributed by atoms with Gasteiger partial charge in [-0.1, -0.05) is 12.1 Å². The van der Waals surface area contributed by atoms with E-state index < -0.39 is 11.7 Å². The Morgan fingerprint density at radius 1 is 1.04 bits per heavy atom. The van der Waals surface area contributed by atoms with E-state index in [9.17, 15) is 14.6 Å². The summed E-state index contributed by atoms with van der Waals surface area (Å²) in [4.78, 5) is 2.12. The van der Waals surface area contributed by atoms with Gasteiger partial charge in [0.05, 0.1) is 5.60 Å². The highest BCUT2D eigenvalue weighted by Gasteiger charge is 2.32. The summed E-state index contributed by atoms with van der Waals surface area (Å²) in [6.07, 6.45) is -0.936. The van der Waals surface area contributed by atoms with Crippen LogP contribution in [0.4, 0.5) is 4.39 Å². The van der Waals surface area contributed by atoms with Gasteiger partial charge in [0.2, 0.25) is 0 Å². The van der Waals surface area contributed by atoms with Crippen molar-refractivity contribution in [2.75, 3.05) is 19.7 Å². The fourth-order valence-corrected chi connectivity index (χ4v) is 2.97. The molecule has 6 heteroatoms. The Kier molecular flexibility index (Phi) is 5.99. The molecule has 1 aliphatic rings. The van der Waals surface area contributed by atoms with Gasteiger partial charge in [-0.3, -0.25) is 4.90 Å². The molecule has 3 rings (SSSR count). The number of hydrogen-bond acceptors (Lipinski definition) is 5. The number of hydrogen-bond donors (Lipinski definition) is 2. The third-order valence-corrected chi connectivity index (χ3v) is 4.34. The van der Waals surface area contributed by atoms with E-state index in [-0.39, 0.29) is 18.5 Å². The average Bonchev–Trinajstić information content (AvgIpc) is 2.95. The number of nitrogens with zero attached hydrogens (tertiary/aromatic N) is 1. The van der Waals surface area contributed by atoms with Crippen LogP contribution >= 0.6 is 0 Å². The van der Waals surface area contributed by atoms with Crippen molar-refractivity contribution < 1.29 is 24.1 Å². The molecule has 0 aliphatic carbocycles. The zero-order valence-electron chi connectivity index (χ0n) is 15.6. The van der Waals surface area contributed by atoms with E-state index in [1.165, 1.54) is 12.1 Å². The lowest BCUT2D eigenvalue weighted by Crippen LogP contribution is -2.29. The first-order valence-corrected chi connectivity index (χ1v) is 9.05. The van der Waals surface area contributed by atoms with Gasteiger partial charge in [0.1, 0.15) is 36.1 Å². The van der Waals surface area contributed by atoms with Crippen molar-refractivity contribution in [1.82, 2.24) is 4.90 Å². The van der Waals surface area contributed by atoms with Gasteiger partial charge in [-0.05, 0) is 55.8 Å². The minimum atomic E-state index is -0.871. The molecule has 146 valence electrons. The second-order valence-electron chi connectivity index (χ2n) is 7.62. The highest BCUT2D eigenvalue weighted by molar-refractivity contribution is 5.27. The molecule has 0 spiro atoms. The van der Waals surface area contributed by atoms with Gasteiger partial charge in [-0.2, -0.15) is 0 Å². The van der Waals surface area contributed by atoms with E-state index in [2.05, 4.69) is 4.90 Å². The SMILES string of the molecule is CC(C)(O)COc1ccc(CN2C[C@H](Oc3ccc(F)cc3)[C@@H](O)C2)cc1. The zero-order chi connectivity index (χ0) is 19.4. The number of benzene rings is 2. The van der Waals surface area contributed by atoms with Gasteiger partial charge in [0, 0.05) is 19.6 Å². The largest absolute Gasteiger partial charge is 0.491 e. The summed E-state index contributed by atoms with van der Waals surface area (Å²) >= 11 is 0. The van der Waals surface area contributed by atoms with Crippen molar-refractivity contribution in [2.24, 2.45) is 0 Å². The molecule has 2 aromatic rings. The van der Waals surface area contributed by atoms with Crippen molar-refractivity contribution >= 4 is 0 Å². The van der Waals surface area contributed by atoms with Crippen LogP contribution in [0.3, 0.4) is 0 Å². The van der Waals surface area contributed by atoms with E-state index in [0.717, 1.165) is 5.56 Å². The molecule has 1 aliphatic heterocycles. The smallest absolute Gasteiger partial charge is 0.138 e. The van der Waals surface area contributed by atoms with Crippen LogP contribution in [0.5, 0.6) is 11.5 Å². The predicted octanol–water partition coefficient (Wildman–Crippen LogP) is 2.60.